The van der Waals surface area contributed by atoms with E-state index >= 15 is 0 Å². The number of anilines is 1. The van der Waals surface area contributed by atoms with Gasteiger partial charge in [0, 0.05) is 11.4 Å². The zero-order valence-electron chi connectivity index (χ0n) is 19.0. The van der Waals surface area contributed by atoms with Gasteiger partial charge in [0.2, 0.25) is 5.91 Å². The van der Waals surface area contributed by atoms with Crippen molar-refractivity contribution >= 4 is 40.0 Å². The van der Waals surface area contributed by atoms with E-state index in [4.69, 9.17) is 9.47 Å². The average molecular weight is 487 g/mol. The Labute approximate surface area is 201 Å². The van der Waals surface area contributed by atoms with E-state index in [0.29, 0.717) is 28.1 Å². The number of hydrogen-bond acceptors (Lipinski definition) is 8. The van der Waals surface area contributed by atoms with Crippen LogP contribution >= 0.6 is 23.1 Å². The fourth-order valence-electron chi connectivity index (χ4n) is 3.17. The van der Waals surface area contributed by atoms with Crippen LogP contribution in [0.25, 0.3) is 0 Å². The molecule has 8 nitrogen and oxygen atoms in total. The van der Waals surface area contributed by atoms with Crippen LogP contribution in [0.15, 0.2) is 42.1 Å². The Morgan fingerprint density at radius 3 is 2.58 bits per heavy atom. The Hall–Kier alpha value is -3.11. The largest absolute Gasteiger partial charge is 0.486 e. The number of carbonyl (C=O) groups excluding carboxylic acids is 2. The molecule has 0 fully saturated rings. The third kappa shape index (κ3) is 6.45. The summed E-state index contributed by atoms with van der Waals surface area (Å²) in [7, 11) is 1.31. The fourth-order valence-corrected chi connectivity index (χ4v) is 4.85. The molecule has 3 rings (SSSR count). The number of carbonyl (C=O) groups is 2. The van der Waals surface area contributed by atoms with Gasteiger partial charge in [-0.3, -0.25) is 9.36 Å². The van der Waals surface area contributed by atoms with Crippen LogP contribution in [0.3, 0.4) is 0 Å². The van der Waals surface area contributed by atoms with Crippen molar-refractivity contribution in [3.05, 3.63) is 64.3 Å². The number of nitrogens with one attached hydrogen (secondary N) is 1. The minimum Gasteiger partial charge on any atom is -0.486 e. The Bertz CT molecular complexity index is 1150. The smallest absolute Gasteiger partial charge is 0.340 e. The SMILES string of the molecule is C=CCn1c(COc2cc(C)cc(C)c2)nnc1SCC(=O)Nc1sc(C)cc1C(=O)OC. The summed E-state index contributed by atoms with van der Waals surface area (Å²) in [6, 6.07) is 7.71. The standard InChI is InChI=1S/C23H26N4O4S2/c1-6-7-27-19(12-31-17-9-14(2)8-15(3)10-17)25-26-23(27)32-13-20(28)24-21-18(22(29)30-5)11-16(4)33-21/h6,8-11H,1,7,12-13H2,2-5H3,(H,24,28). The van der Waals surface area contributed by atoms with Crippen LogP contribution in [0.5, 0.6) is 5.75 Å². The van der Waals surface area contributed by atoms with Gasteiger partial charge in [0.15, 0.2) is 11.0 Å². The van der Waals surface area contributed by atoms with E-state index in [1.807, 2.05) is 37.5 Å². The van der Waals surface area contributed by atoms with Crippen molar-refractivity contribution in [2.75, 3.05) is 18.2 Å². The number of thiophene rings is 1. The van der Waals surface area contributed by atoms with E-state index in [0.717, 1.165) is 21.8 Å². The van der Waals surface area contributed by atoms with Crippen LogP contribution in [0.2, 0.25) is 0 Å². The van der Waals surface area contributed by atoms with E-state index < -0.39 is 5.97 Å². The molecule has 2 aromatic heterocycles. The number of rotatable bonds is 10. The number of ether oxygens (including phenoxy) is 2. The summed E-state index contributed by atoms with van der Waals surface area (Å²) in [5.74, 6) is 0.764. The number of thioether (sulfide) groups is 1. The molecule has 0 aliphatic heterocycles. The molecule has 0 spiro atoms. The first-order valence-corrected chi connectivity index (χ1v) is 12.0. The molecule has 0 saturated carbocycles. The Kier molecular flexibility index (Phi) is 8.29. The van der Waals surface area contributed by atoms with Gasteiger partial charge in [0.05, 0.1) is 18.4 Å². The lowest BCUT2D eigenvalue weighted by molar-refractivity contribution is -0.113. The lowest BCUT2D eigenvalue weighted by Crippen LogP contribution is -2.16. The summed E-state index contributed by atoms with van der Waals surface area (Å²) in [5.41, 5.74) is 2.59. The van der Waals surface area contributed by atoms with Crippen molar-refractivity contribution in [1.29, 1.82) is 0 Å². The molecule has 10 heteroatoms. The topological polar surface area (TPSA) is 95.3 Å². The average Bonchev–Trinajstić information content (AvgIpc) is 3.32. The highest BCUT2D eigenvalue weighted by Gasteiger charge is 2.19. The molecular formula is C23H26N4O4S2. The number of aryl methyl sites for hydroxylation is 3. The molecule has 174 valence electrons. The molecule has 0 atom stereocenters. The zero-order valence-corrected chi connectivity index (χ0v) is 20.6. The molecule has 0 saturated heterocycles. The second-order valence-electron chi connectivity index (χ2n) is 7.34. The first kappa shape index (κ1) is 24.5. The summed E-state index contributed by atoms with van der Waals surface area (Å²) in [5, 5.41) is 12.3. The van der Waals surface area contributed by atoms with E-state index in [9.17, 15) is 9.59 Å². The molecule has 33 heavy (non-hydrogen) atoms. The van der Waals surface area contributed by atoms with Gasteiger partial charge >= 0.3 is 5.97 Å². The quantitative estimate of drug-likeness (QED) is 0.255. The van der Waals surface area contributed by atoms with Crippen molar-refractivity contribution in [2.24, 2.45) is 0 Å². The predicted molar refractivity (Wildman–Crippen MR) is 130 cm³/mol. The molecule has 0 unspecified atom stereocenters. The Balaban J connectivity index is 1.65. The highest BCUT2D eigenvalue weighted by molar-refractivity contribution is 7.99. The minimum atomic E-state index is -0.485. The van der Waals surface area contributed by atoms with Crippen molar-refractivity contribution < 1.29 is 19.1 Å². The first-order valence-electron chi connectivity index (χ1n) is 10.2. The predicted octanol–water partition coefficient (Wildman–Crippen LogP) is 4.55. The van der Waals surface area contributed by atoms with Gasteiger partial charge in [-0.15, -0.1) is 28.1 Å². The van der Waals surface area contributed by atoms with Crippen LogP contribution in [0.1, 0.15) is 32.2 Å². The number of benzene rings is 1. The normalized spacial score (nSPS) is 10.7. The monoisotopic (exact) mass is 486 g/mol. The van der Waals surface area contributed by atoms with Crippen molar-refractivity contribution in [3.63, 3.8) is 0 Å². The van der Waals surface area contributed by atoms with Crippen LogP contribution < -0.4 is 10.1 Å². The zero-order chi connectivity index (χ0) is 24.0. The summed E-state index contributed by atoms with van der Waals surface area (Å²) in [6.45, 7) is 10.4. The highest BCUT2D eigenvalue weighted by Crippen LogP contribution is 2.29. The maximum absolute atomic E-state index is 12.5. The molecule has 0 bridgehead atoms. The van der Waals surface area contributed by atoms with Crippen LogP contribution in [-0.2, 0) is 22.7 Å². The Morgan fingerprint density at radius 1 is 1.18 bits per heavy atom. The van der Waals surface area contributed by atoms with Crippen LogP contribution in [0.4, 0.5) is 5.00 Å². The van der Waals surface area contributed by atoms with E-state index in [-0.39, 0.29) is 18.3 Å². The Morgan fingerprint density at radius 2 is 1.91 bits per heavy atom. The number of esters is 1. The van der Waals surface area contributed by atoms with E-state index in [1.165, 1.54) is 30.2 Å². The number of aromatic nitrogens is 3. The van der Waals surface area contributed by atoms with Crippen LogP contribution in [-0.4, -0.2) is 39.5 Å². The summed E-state index contributed by atoms with van der Waals surface area (Å²) in [6.07, 6.45) is 1.74. The van der Waals surface area contributed by atoms with Gasteiger partial charge < -0.3 is 14.8 Å². The third-order valence-electron chi connectivity index (χ3n) is 4.51. The molecule has 2 heterocycles. The van der Waals surface area contributed by atoms with Crippen molar-refractivity contribution in [2.45, 2.75) is 39.1 Å². The van der Waals surface area contributed by atoms with Crippen molar-refractivity contribution in [3.8, 4) is 5.75 Å². The van der Waals surface area contributed by atoms with Gasteiger partial charge in [0.1, 0.15) is 17.4 Å². The van der Waals surface area contributed by atoms with E-state index in [2.05, 4.69) is 28.2 Å². The van der Waals surface area contributed by atoms with Gasteiger partial charge in [-0.25, -0.2) is 4.79 Å². The van der Waals surface area contributed by atoms with E-state index in [1.54, 1.807) is 12.1 Å². The van der Waals surface area contributed by atoms with Crippen LogP contribution in [0, 0.1) is 20.8 Å². The molecule has 0 aliphatic carbocycles. The number of nitrogens with zero attached hydrogens (tertiary/aromatic N) is 3. The molecule has 3 aromatic rings. The number of amides is 1. The molecule has 1 amide bonds. The van der Waals surface area contributed by atoms with Gasteiger partial charge in [0.25, 0.3) is 0 Å². The minimum absolute atomic E-state index is 0.102. The first-order chi connectivity index (χ1) is 15.8. The number of hydrogen-bond donors (Lipinski definition) is 1. The maximum Gasteiger partial charge on any atom is 0.340 e. The second-order valence-corrected chi connectivity index (χ2v) is 9.54. The lowest BCUT2D eigenvalue weighted by atomic mass is 10.1. The lowest BCUT2D eigenvalue weighted by Gasteiger charge is -2.10. The summed E-state index contributed by atoms with van der Waals surface area (Å²) in [4.78, 5) is 25.3. The summed E-state index contributed by atoms with van der Waals surface area (Å²) >= 11 is 2.58. The molecule has 0 radical (unpaired) electrons. The molecule has 0 aliphatic rings. The molecule has 1 aromatic carbocycles. The summed E-state index contributed by atoms with van der Waals surface area (Å²) < 4.78 is 12.6. The number of allylic oxidation sites excluding steroid dienone is 1. The van der Waals surface area contributed by atoms with Crippen molar-refractivity contribution in [1.82, 2.24) is 14.8 Å². The molecular weight excluding hydrogens is 460 g/mol. The van der Waals surface area contributed by atoms with Gasteiger partial charge in [-0.1, -0.05) is 23.9 Å². The van der Waals surface area contributed by atoms with Gasteiger partial charge in [-0.05, 0) is 50.1 Å². The van der Waals surface area contributed by atoms with Gasteiger partial charge in [-0.2, -0.15) is 0 Å². The fraction of sp³-hybridized carbons (Fsp3) is 0.304. The number of methoxy groups -OCH3 is 1. The highest BCUT2D eigenvalue weighted by atomic mass is 32.2. The third-order valence-corrected chi connectivity index (χ3v) is 6.45. The second kappa shape index (κ2) is 11.2. The molecule has 1 N–H and O–H groups in total. The maximum atomic E-state index is 12.5.